The second-order valence-corrected chi connectivity index (χ2v) is 5.05. The van der Waals surface area contributed by atoms with Crippen LogP contribution in [0.2, 0.25) is 0 Å². The molecule has 0 amide bonds. The predicted octanol–water partition coefficient (Wildman–Crippen LogP) is 2.76. The van der Waals surface area contributed by atoms with Crippen LogP contribution in [-0.2, 0) is 5.41 Å². The summed E-state index contributed by atoms with van der Waals surface area (Å²) in [4.78, 5) is 5.79. The van der Waals surface area contributed by atoms with Crippen molar-refractivity contribution in [3.8, 4) is 0 Å². The molecule has 2 aromatic rings. The molecule has 0 unspecified atom stereocenters. The number of fused-ring (bicyclic) bond motifs is 1. The van der Waals surface area contributed by atoms with E-state index in [-0.39, 0.29) is 0 Å². The quantitative estimate of drug-likeness (QED) is 0.679. The molecular weight excluding hydrogens is 180 g/mol. The molecule has 0 aromatic carbocycles. The summed E-state index contributed by atoms with van der Waals surface area (Å²) < 4.78 is 2.20. The van der Waals surface area contributed by atoms with Crippen molar-refractivity contribution in [2.24, 2.45) is 0 Å². The Hall–Kier alpha value is -0.830. The van der Waals surface area contributed by atoms with Gasteiger partial charge in [-0.3, -0.25) is 4.40 Å². The fourth-order valence-electron chi connectivity index (χ4n) is 1.63. The number of nitrogens with zero attached hydrogens (tertiary/aromatic N) is 2. The zero-order valence-electron chi connectivity index (χ0n) is 7.87. The van der Waals surface area contributed by atoms with Gasteiger partial charge in [0.05, 0.1) is 5.69 Å². The van der Waals surface area contributed by atoms with Crippen molar-refractivity contribution in [1.29, 1.82) is 0 Å². The van der Waals surface area contributed by atoms with Crippen molar-refractivity contribution in [3.05, 3.63) is 23.0 Å². The van der Waals surface area contributed by atoms with Gasteiger partial charge in [-0.2, -0.15) is 0 Å². The minimum absolute atomic E-state index is 0.401. The highest BCUT2D eigenvalue weighted by molar-refractivity contribution is 7.15. The maximum atomic E-state index is 4.65. The van der Waals surface area contributed by atoms with E-state index in [0.717, 1.165) is 4.96 Å². The molecule has 68 valence electrons. The predicted molar refractivity (Wildman–Crippen MR) is 54.4 cm³/mol. The van der Waals surface area contributed by atoms with Gasteiger partial charge in [-0.15, -0.1) is 11.3 Å². The lowest BCUT2D eigenvalue weighted by molar-refractivity contribution is 0.758. The van der Waals surface area contributed by atoms with Crippen LogP contribution in [0.3, 0.4) is 0 Å². The summed E-state index contributed by atoms with van der Waals surface area (Å²) in [5, 5.41) is 2.15. The summed E-state index contributed by atoms with van der Waals surface area (Å²) in [5.41, 5.74) is 2.98. The first-order valence-corrected chi connectivity index (χ1v) is 5.51. The van der Waals surface area contributed by atoms with Crippen molar-refractivity contribution < 1.29 is 0 Å². The minimum atomic E-state index is 0.401. The van der Waals surface area contributed by atoms with Crippen LogP contribution in [0.5, 0.6) is 0 Å². The van der Waals surface area contributed by atoms with Gasteiger partial charge in [-0.1, -0.05) is 6.92 Å². The molecule has 2 heterocycles. The molecule has 13 heavy (non-hydrogen) atoms. The van der Waals surface area contributed by atoms with Gasteiger partial charge in [0, 0.05) is 22.7 Å². The van der Waals surface area contributed by atoms with Gasteiger partial charge in [0.1, 0.15) is 0 Å². The lowest BCUT2D eigenvalue weighted by Gasteiger charge is -2.00. The third-order valence-electron chi connectivity index (χ3n) is 3.01. The molecule has 0 bridgehead atoms. The van der Waals surface area contributed by atoms with Crippen molar-refractivity contribution >= 4 is 16.3 Å². The second-order valence-electron chi connectivity index (χ2n) is 4.22. The molecule has 2 aromatic heterocycles. The average molecular weight is 192 g/mol. The summed E-state index contributed by atoms with van der Waals surface area (Å²) in [6.07, 6.45) is 4.81. The third-order valence-corrected chi connectivity index (χ3v) is 3.96. The van der Waals surface area contributed by atoms with Crippen LogP contribution >= 0.6 is 11.3 Å². The summed E-state index contributed by atoms with van der Waals surface area (Å²) in [6, 6.07) is 0. The largest absolute Gasteiger partial charge is 0.295 e. The fraction of sp³-hybridized carbons (Fsp3) is 0.500. The van der Waals surface area contributed by atoms with E-state index in [1.165, 1.54) is 24.2 Å². The van der Waals surface area contributed by atoms with Crippen LogP contribution in [0.25, 0.3) is 4.96 Å². The Morgan fingerprint density at radius 3 is 2.92 bits per heavy atom. The first kappa shape index (κ1) is 7.56. The topological polar surface area (TPSA) is 17.3 Å². The van der Waals surface area contributed by atoms with E-state index in [0.29, 0.717) is 5.41 Å². The van der Waals surface area contributed by atoms with Gasteiger partial charge in [-0.05, 0) is 19.8 Å². The number of thiazole rings is 1. The van der Waals surface area contributed by atoms with Crippen LogP contribution in [0.1, 0.15) is 31.2 Å². The molecule has 1 fully saturated rings. The number of aryl methyl sites for hydroxylation is 1. The number of hydrogen-bond donors (Lipinski definition) is 0. The molecule has 1 aliphatic rings. The standard InChI is InChI=1S/C10H12N2S/c1-7-6-13-9-11-8(5-12(7)9)10(2)3-4-10/h5-6H,3-4H2,1-2H3. The molecule has 3 heteroatoms. The summed E-state index contributed by atoms with van der Waals surface area (Å²) in [7, 11) is 0. The van der Waals surface area contributed by atoms with Crippen LogP contribution in [0.15, 0.2) is 11.6 Å². The van der Waals surface area contributed by atoms with E-state index in [4.69, 9.17) is 0 Å². The van der Waals surface area contributed by atoms with Crippen LogP contribution in [0, 0.1) is 6.92 Å². The second kappa shape index (κ2) is 2.15. The highest BCUT2D eigenvalue weighted by atomic mass is 32.1. The molecular formula is C10H12N2S. The maximum absolute atomic E-state index is 4.65. The molecule has 0 saturated heterocycles. The molecule has 2 nitrogen and oxygen atoms in total. The zero-order chi connectivity index (χ0) is 9.05. The van der Waals surface area contributed by atoms with E-state index in [2.05, 4.69) is 34.8 Å². The summed E-state index contributed by atoms with van der Waals surface area (Å²) in [5.74, 6) is 0. The Morgan fingerprint density at radius 1 is 1.54 bits per heavy atom. The Balaban J connectivity index is 2.22. The molecule has 0 N–H and O–H groups in total. The van der Waals surface area contributed by atoms with Crippen LogP contribution in [-0.4, -0.2) is 9.38 Å². The normalized spacial score (nSPS) is 19.5. The van der Waals surface area contributed by atoms with Gasteiger partial charge < -0.3 is 0 Å². The van der Waals surface area contributed by atoms with Crippen molar-refractivity contribution in [3.63, 3.8) is 0 Å². The Kier molecular flexibility index (Phi) is 1.25. The SMILES string of the molecule is Cc1csc2nc(C3(C)CC3)cn12. The number of rotatable bonds is 1. The van der Waals surface area contributed by atoms with Gasteiger partial charge in [0.25, 0.3) is 0 Å². The van der Waals surface area contributed by atoms with E-state index in [1.54, 1.807) is 11.3 Å². The van der Waals surface area contributed by atoms with Crippen LogP contribution < -0.4 is 0 Å². The number of hydrogen-bond acceptors (Lipinski definition) is 2. The third kappa shape index (κ3) is 0.967. The number of aromatic nitrogens is 2. The first-order valence-electron chi connectivity index (χ1n) is 4.63. The Bertz CT molecular complexity index is 462. The zero-order valence-corrected chi connectivity index (χ0v) is 8.69. The van der Waals surface area contributed by atoms with Crippen molar-refractivity contribution in [2.45, 2.75) is 32.1 Å². The smallest absolute Gasteiger partial charge is 0.194 e. The lowest BCUT2D eigenvalue weighted by atomic mass is 10.1. The molecule has 0 atom stereocenters. The van der Waals surface area contributed by atoms with E-state index in [1.807, 2.05) is 0 Å². The van der Waals surface area contributed by atoms with Gasteiger partial charge in [0.15, 0.2) is 4.96 Å². The molecule has 0 radical (unpaired) electrons. The van der Waals surface area contributed by atoms with E-state index < -0.39 is 0 Å². The first-order chi connectivity index (χ1) is 6.19. The molecule has 0 aliphatic heterocycles. The molecule has 0 spiro atoms. The van der Waals surface area contributed by atoms with Gasteiger partial charge in [0.2, 0.25) is 0 Å². The summed E-state index contributed by atoms with van der Waals surface area (Å²) in [6.45, 7) is 4.43. The maximum Gasteiger partial charge on any atom is 0.194 e. The minimum Gasteiger partial charge on any atom is -0.295 e. The molecule has 3 rings (SSSR count). The van der Waals surface area contributed by atoms with Gasteiger partial charge >= 0.3 is 0 Å². The van der Waals surface area contributed by atoms with E-state index in [9.17, 15) is 0 Å². The molecule has 1 saturated carbocycles. The molecule has 1 aliphatic carbocycles. The Morgan fingerprint density at radius 2 is 2.31 bits per heavy atom. The number of imidazole rings is 1. The lowest BCUT2D eigenvalue weighted by Crippen LogP contribution is -1.99. The highest BCUT2D eigenvalue weighted by Gasteiger charge is 2.41. The van der Waals surface area contributed by atoms with Crippen molar-refractivity contribution in [2.75, 3.05) is 0 Å². The highest BCUT2D eigenvalue weighted by Crippen LogP contribution is 2.47. The van der Waals surface area contributed by atoms with E-state index >= 15 is 0 Å². The van der Waals surface area contributed by atoms with Crippen molar-refractivity contribution in [1.82, 2.24) is 9.38 Å². The Labute approximate surface area is 81.2 Å². The van der Waals surface area contributed by atoms with Crippen LogP contribution in [0.4, 0.5) is 0 Å². The monoisotopic (exact) mass is 192 g/mol. The van der Waals surface area contributed by atoms with Gasteiger partial charge in [-0.25, -0.2) is 4.98 Å². The average Bonchev–Trinajstić information content (AvgIpc) is 2.63. The fourth-order valence-corrected chi connectivity index (χ4v) is 2.48. The summed E-state index contributed by atoms with van der Waals surface area (Å²) >= 11 is 1.73.